The molecule has 3 aromatic carbocycles. The molecule has 7 nitrogen and oxygen atoms in total. The van der Waals surface area contributed by atoms with E-state index in [0.717, 1.165) is 20.8 Å². The molecular formula is C24H21N3O4S2. The maximum atomic E-state index is 13.1. The highest BCUT2D eigenvalue weighted by Crippen LogP contribution is 2.34. The molecule has 0 bridgehead atoms. The maximum Gasteiger partial charge on any atom is 0.255 e. The summed E-state index contributed by atoms with van der Waals surface area (Å²) in [6.45, 7) is 1.33. The van der Waals surface area contributed by atoms with Crippen LogP contribution in [0.5, 0.6) is 0 Å². The van der Waals surface area contributed by atoms with Crippen LogP contribution in [0.15, 0.2) is 77.7 Å². The number of hydrogen-bond donors (Lipinski definition) is 1. The molecule has 0 atom stereocenters. The van der Waals surface area contributed by atoms with Gasteiger partial charge in [0.2, 0.25) is 10.0 Å². The fourth-order valence-electron chi connectivity index (χ4n) is 3.69. The Morgan fingerprint density at radius 2 is 1.73 bits per heavy atom. The van der Waals surface area contributed by atoms with Crippen LogP contribution in [-0.4, -0.2) is 49.9 Å². The quantitative estimate of drug-likeness (QED) is 0.463. The Balaban J connectivity index is 1.42. The molecule has 0 radical (unpaired) electrons. The van der Waals surface area contributed by atoms with E-state index in [1.54, 1.807) is 23.5 Å². The van der Waals surface area contributed by atoms with Gasteiger partial charge in [0.05, 0.1) is 34.0 Å². The summed E-state index contributed by atoms with van der Waals surface area (Å²) in [7, 11) is -3.69. The predicted molar refractivity (Wildman–Crippen MR) is 129 cm³/mol. The van der Waals surface area contributed by atoms with Gasteiger partial charge in [-0.1, -0.05) is 30.3 Å². The number of amides is 1. The highest BCUT2D eigenvalue weighted by Gasteiger charge is 2.27. The molecule has 1 amide bonds. The first-order valence-electron chi connectivity index (χ1n) is 10.5. The zero-order chi connectivity index (χ0) is 22.8. The van der Waals surface area contributed by atoms with Crippen molar-refractivity contribution in [1.82, 2.24) is 9.29 Å². The Morgan fingerprint density at radius 3 is 2.55 bits per heavy atom. The molecule has 1 aliphatic heterocycles. The molecule has 1 N–H and O–H groups in total. The second-order valence-electron chi connectivity index (χ2n) is 7.53. The van der Waals surface area contributed by atoms with Crippen LogP contribution < -0.4 is 5.32 Å². The Morgan fingerprint density at radius 1 is 0.970 bits per heavy atom. The van der Waals surface area contributed by atoms with Crippen LogP contribution in [-0.2, 0) is 14.8 Å². The van der Waals surface area contributed by atoms with Gasteiger partial charge < -0.3 is 10.1 Å². The van der Waals surface area contributed by atoms with Crippen molar-refractivity contribution in [2.45, 2.75) is 4.90 Å². The molecule has 0 spiro atoms. The van der Waals surface area contributed by atoms with Gasteiger partial charge in [-0.2, -0.15) is 4.31 Å². The molecule has 1 saturated heterocycles. The van der Waals surface area contributed by atoms with Crippen molar-refractivity contribution >= 4 is 43.2 Å². The zero-order valence-electron chi connectivity index (χ0n) is 17.6. The van der Waals surface area contributed by atoms with Crippen molar-refractivity contribution in [2.24, 2.45) is 0 Å². The molecule has 9 heteroatoms. The first-order valence-corrected chi connectivity index (χ1v) is 12.7. The number of nitrogens with zero attached hydrogens (tertiary/aromatic N) is 2. The fraction of sp³-hybridized carbons (Fsp3) is 0.167. The zero-order valence-corrected chi connectivity index (χ0v) is 19.2. The van der Waals surface area contributed by atoms with Crippen molar-refractivity contribution in [3.8, 4) is 10.6 Å². The van der Waals surface area contributed by atoms with Crippen LogP contribution >= 0.6 is 11.3 Å². The van der Waals surface area contributed by atoms with Gasteiger partial charge in [0.15, 0.2) is 0 Å². The average Bonchev–Trinajstić information content (AvgIpc) is 3.29. The number of para-hydroxylation sites is 2. The van der Waals surface area contributed by atoms with E-state index in [2.05, 4.69) is 5.32 Å². The standard InChI is InChI=1S/C24H21N3O4S2/c28-23(17-6-5-7-18(16-17)33(29,30)27-12-14-31-15-13-27)25-20-9-2-1-8-19(20)24-26-21-10-3-4-11-22(21)32-24/h1-11,16H,12-15H2,(H,25,28). The molecular weight excluding hydrogens is 458 g/mol. The molecule has 2 heterocycles. The third kappa shape index (κ3) is 4.40. The largest absolute Gasteiger partial charge is 0.379 e. The number of carbonyl (C=O) groups excluding carboxylic acids is 1. The van der Waals surface area contributed by atoms with Gasteiger partial charge in [0, 0.05) is 24.2 Å². The summed E-state index contributed by atoms with van der Waals surface area (Å²) in [4.78, 5) is 17.9. The van der Waals surface area contributed by atoms with Crippen LogP contribution in [0, 0.1) is 0 Å². The van der Waals surface area contributed by atoms with Crippen LogP contribution in [0.3, 0.4) is 0 Å². The van der Waals surface area contributed by atoms with E-state index in [4.69, 9.17) is 9.72 Å². The highest BCUT2D eigenvalue weighted by molar-refractivity contribution is 7.89. The topological polar surface area (TPSA) is 88.6 Å². The molecule has 5 rings (SSSR count). The lowest BCUT2D eigenvalue weighted by Crippen LogP contribution is -2.40. The summed E-state index contributed by atoms with van der Waals surface area (Å²) in [5.41, 5.74) is 2.59. The number of sulfonamides is 1. The monoisotopic (exact) mass is 479 g/mol. The Bertz CT molecular complexity index is 1390. The van der Waals surface area contributed by atoms with Gasteiger partial charge in [-0.3, -0.25) is 4.79 Å². The van der Waals surface area contributed by atoms with Crippen LogP contribution in [0.1, 0.15) is 10.4 Å². The Kier molecular flexibility index (Phi) is 5.94. The summed E-state index contributed by atoms with van der Waals surface area (Å²) in [5.74, 6) is -0.386. The molecule has 0 saturated carbocycles. The number of aromatic nitrogens is 1. The first kappa shape index (κ1) is 21.7. The normalized spacial score (nSPS) is 14.9. The molecule has 33 heavy (non-hydrogen) atoms. The summed E-state index contributed by atoms with van der Waals surface area (Å²) >= 11 is 1.55. The van der Waals surface area contributed by atoms with E-state index in [9.17, 15) is 13.2 Å². The van der Waals surface area contributed by atoms with Crippen molar-refractivity contribution in [3.63, 3.8) is 0 Å². The predicted octanol–water partition coefficient (Wildman–Crippen LogP) is 4.24. The number of anilines is 1. The minimum Gasteiger partial charge on any atom is -0.379 e. The summed E-state index contributed by atoms with van der Waals surface area (Å²) in [5, 5.41) is 3.73. The second kappa shape index (κ2) is 9.03. The Labute approximate surface area is 195 Å². The van der Waals surface area contributed by atoms with Gasteiger partial charge in [-0.25, -0.2) is 13.4 Å². The smallest absolute Gasteiger partial charge is 0.255 e. The number of morpholine rings is 1. The van der Waals surface area contributed by atoms with Crippen molar-refractivity contribution < 1.29 is 17.9 Å². The van der Waals surface area contributed by atoms with Gasteiger partial charge in [0.25, 0.3) is 5.91 Å². The van der Waals surface area contributed by atoms with Crippen LogP contribution in [0.2, 0.25) is 0 Å². The lowest BCUT2D eigenvalue weighted by atomic mass is 10.1. The van der Waals surface area contributed by atoms with E-state index in [0.29, 0.717) is 32.0 Å². The van der Waals surface area contributed by atoms with Crippen molar-refractivity contribution in [1.29, 1.82) is 0 Å². The minimum absolute atomic E-state index is 0.0940. The minimum atomic E-state index is -3.69. The van der Waals surface area contributed by atoms with E-state index in [-0.39, 0.29) is 16.4 Å². The van der Waals surface area contributed by atoms with Gasteiger partial charge in [0.1, 0.15) is 5.01 Å². The van der Waals surface area contributed by atoms with Gasteiger partial charge in [-0.15, -0.1) is 11.3 Å². The van der Waals surface area contributed by atoms with E-state index >= 15 is 0 Å². The number of fused-ring (bicyclic) bond motifs is 1. The molecule has 1 aliphatic rings. The van der Waals surface area contributed by atoms with Gasteiger partial charge in [-0.05, 0) is 42.5 Å². The van der Waals surface area contributed by atoms with E-state index in [1.165, 1.54) is 16.4 Å². The lowest BCUT2D eigenvalue weighted by Gasteiger charge is -2.26. The molecule has 0 unspecified atom stereocenters. The van der Waals surface area contributed by atoms with Gasteiger partial charge >= 0.3 is 0 Å². The third-order valence-corrected chi connectivity index (χ3v) is 8.37. The number of carbonyl (C=O) groups is 1. The van der Waals surface area contributed by atoms with Crippen LogP contribution in [0.4, 0.5) is 5.69 Å². The average molecular weight is 480 g/mol. The molecule has 4 aromatic rings. The summed E-state index contributed by atoms with van der Waals surface area (Å²) in [6.07, 6.45) is 0. The van der Waals surface area contributed by atoms with E-state index in [1.807, 2.05) is 48.5 Å². The van der Waals surface area contributed by atoms with Crippen LogP contribution in [0.25, 0.3) is 20.8 Å². The number of benzene rings is 3. The Hall–Kier alpha value is -3.11. The lowest BCUT2D eigenvalue weighted by molar-refractivity contribution is 0.0730. The SMILES string of the molecule is O=C(Nc1ccccc1-c1nc2ccccc2s1)c1cccc(S(=O)(=O)N2CCOCC2)c1. The summed E-state index contributed by atoms with van der Waals surface area (Å²) < 4.78 is 33.7. The molecule has 1 fully saturated rings. The summed E-state index contributed by atoms with van der Waals surface area (Å²) in [6, 6.07) is 21.5. The number of thiazole rings is 1. The third-order valence-electron chi connectivity index (χ3n) is 5.40. The van der Waals surface area contributed by atoms with E-state index < -0.39 is 10.0 Å². The maximum absolute atomic E-state index is 13.1. The number of rotatable bonds is 5. The second-order valence-corrected chi connectivity index (χ2v) is 10.5. The number of nitrogens with one attached hydrogen (secondary N) is 1. The molecule has 168 valence electrons. The van der Waals surface area contributed by atoms with Crippen molar-refractivity contribution in [3.05, 3.63) is 78.4 Å². The number of ether oxygens (including phenoxy) is 1. The highest BCUT2D eigenvalue weighted by atomic mass is 32.2. The molecule has 1 aromatic heterocycles. The number of hydrogen-bond acceptors (Lipinski definition) is 6. The van der Waals surface area contributed by atoms with Crippen molar-refractivity contribution in [2.75, 3.05) is 31.6 Å². The molecule has 0 aliphatic carbocycles. The fourth-order valence-corrected chi connectivity index (χ4v) is 6.15. The first-order chi connectivity index (χ1) is 16.0.